The third kappa shape index (κ3) is 5.20. The summed E-state index contributed by atoms with van der Waals surface area (Å²) >= 11 is 5.81. The van der Waals surface area contributed by atoms with E-state index in [1.54, 1.807) is 24.3 Å². The highest BCUT2D eigenvalue weighted by Gasteiger charge is 2.15. The first-order chi connectivity index (χ1) is 14.2. The molecule has 3 rings (SSSR count). The van der Waals surface area contributed by atoms with Gasteiger partial charge in [-0.1, -0.05) is 29.8 Å². The van der Waals surface area contributed by atoms with Crippen molar-refractivity contribution in [2.45, 2.75) is 31.7 Å². The largest absolute Gasteiger partial charge is 0.346 e. The van der Waals surface area contributed by atoms with Crippen LogP contribution in [0.25, 0.3) is 0 Å². The van der Waals surface area contributed by atoms with Crippen LogP contribution in [0.1, 0.15) is 40.0 Å². The van der Waals surface area contributed by atoms with Gasteiger partial charge in [0.1, 0.15) is 0 Å². The maximum absolute atomic E-state index is 12.6. The van der Waals surface area contributed by atoms with Crippen molar-refractivity contribution < 1.29 is 13.2 Å². The Morgan fingerprint density at radius 2 is 1.53 bits per heavy atom. The zero-order valence-corrected chi connectivity index (χ0v) is 18.5. The molecule has 0 unspecified atom stereocenters. The van der Waals surface area contributed by atoms with Gasteiger partial charge in [-0.15, -0.1) is 0 Å². The lowest BCUT2D eigenvalue weighted by molar-refractivity contribution is 0.0940. The van der Waals surface area contributed by atoms with Crippen LogP contribution in [0.4, 0.5) is 5.69 Å². The van der Waals surface area contributed by atoms with Crippen LogP contribution in [0, 0.1) is 13.8 Å². The molecule has 3 aromatic carbocycles. The number of anilines is 1. The Morgan fingerprint density at radius 1 is 0.900 bits per heavy atom. The van der Waals surface area contributed by atoms with Crippen LogP contribution in [0.15, 0.2) is 71.6 Å². The van der Waals surface area contributed by atoms with Crippen molar-refractivity contribution in [1.29, 1.82) is 0 Å². The van der Waals surface area contributed by atoms with E-state index in [0.717, 1.165) is 5.56 Å². The first kappa shape index (κ1) is 21.9. The molecule has 1 atom stereocenters. The fourth-order valence-corrected chi connectivity index (χ4v) is 4.10. The van der Waals surface area contributed by atoms with Crippen molar-refractivity contribution >= 4 is 33.2 Å². The SMILES string of the molecule is Cc1ccc([C@H](C)NC(=O)c2ccc(NS(=O)(=O)c3ccc(Cl)cc3)cc2)cc1C. The second-order valence-corrected chi connectivity index (χ2v) is 9.29. The van der Waals surface area contributed by atoms with E-state index in [2.05, 4.69) is 16.1 Å². The summed E-state index contributed by atoms with van der Waals surface area (Å²) in [7, 11) is -3.74. The monoisotopic (exact) mass is 442 g/mol. The molecule has 0 radical (unpaired) electrons. The van der Waals surface area contributed by atoms with Gasteiger partial charge in [0.05, 0.1) is 10.9 Å². The Balaban J connectivity index is 1.68. The highest BCUT2D eigenvalue weighted by molar-refractivity contribution is 7.92. The van der Waals surface area contributed by atoms with Crippen LogP contribution in [0.3, 0.4) is 0 Å². The van der Waals surface area contributed by atoms with E-state index < -0.39 is 10.0 Å². The predicted octanol–water partition coefficient (Wildman–Crippen LogP) is 5.25. The van der Waals surface area contributed by atoms with Crippen LogP contribution < -0.4 is 10.0 Å². The number of carbonyl (C=O) groups is 1. The number of carbonyl (C=O) groups excluding carboxylic acids is 1. The smallest absolute Gasteiger partial charge is 0.261 e. The first-order valence-corrected chi connectivity index (χ1v) is 11.3. The maximum Gasteiger partial charge on any atom is 0.261 e. The summed E-state index contributed by atoms with van der Waals surface area (Å²) in [5, 5.41) is 3.43. The van der Waals surface area contributed by atoms with Crippen molar-refractivity contribution in [2.75, 3.05) is 4.72 Å². The number of halogens is 1. The average molecular weight is 443 g/mol. The van der Waals surface area contributed by atoms with Crippen LogP contribution >= 0.6 is 11.6 Å². The van der Waals surface area contributed by atoms with E-state index in [-0.39, 0.29) is 16.8 Å². The lowest BCUT2D eigenvalue weighted by Gasteiger charge is -2.16. The van der Waals surface area contributed by atoms with Crippen molar-refractivity contribution in [3.63, 3.8) is 0 Å². The second kappa shape index (κ2) is 8.90. The Labute approximate surface area is 182 Å². The van der Waals surface area contributed by atoms with Gasteiger partial charge in [0, 0.05) is 16.3 Å². The van der Waals surface area contributed by atoms with Gasteiger partial charge in [-0.3, -0.25) is 9.52 Å². The lowest BCUT2D eigenvalue weighted by Crippen LogP contribution is -2.26. The fraction of sp³-hybridized carbons (Fsp3) is 0.174. The summed E-state index contributed by atoms with van der Waals surface area (Å²) in [5.41, 5.74) is 4.21. The molecule has 3 aromatic rings. The predicted molar refractivity (Wildman–Crippen MR) is 120 cm³/mol. The normalized spacial score (nSPS) is 12.3. The third-order valence-electron chi connectivity index (χ3n) is 4.90. The minimum Gasteiger partial charge on any atom is -0.346 e. The Hall–Kier alpha value is -2.83. The van der Waals surface area contributed by atoms with E-state index in [1.807, 2.05) is 32.9 Å². The van der Waals surface area contributed by atoms with Crippen LogP contribution in [0.2, 0.25) is 5.02 Å². The van der Waals surface area contributed by atoms with Crippen molar-refractivity contribution in [1.82, 2.24) is 5.32 Å². The second-order valence-electron chi connectivity index (χ2n) is 7.18. The highest BCUT2D eigenvalue weighted by atomic mass is 35.5. The molecule has 30 heavy (non-hydrogen) atoms. The Morgan fingerprint density at radius 3 is 2.13 bits per heavy atom. The average Bonchev–Trinajstić information content (AvgIpc) is 2.70. The van der Waals surface area contributed by atoms with Gasteiger partial charge >= 0.3 is 0 Å². The summed E-state index contributed by atoms with van der Waals surface area (Å²) in [6.07, 6.45) is 0. The molecular weight excluding hydrogens is 420 g/mol. The first-order valence-electron chi connectivity index (χ1n) is 9.42. The highest BCUT2D eigenvalue weighted by Crippen LogP contribution is 2.20. The van der Waals surface area contributed by atoms with Gasteiger partial charge in [-0.25, -0.2) is 8.42 Å². The summed E-state index contributed by atoms with van der Waals surface area (Å²) in [5.74, 6) is -0.229. The molecule has 0 spiro atoms. The van der Waals surface area contributed by atoms with Gasteiger partial charge in [-0.05, 0) is 86.0 Å². The quantitative estimate of drug-likeness (QED) is 0.547. The number of rotatable bonds is 6. The molecule has 2 N–H and O–H groups in total. The molecular formula is C23H23ClN2O3S. The van der Waals surface area contributed by atoms with Gasteiger partial charge < -0.3 is 5.32 Å². The molecule has 156 valence electrons. The van der Waals surface area contributed by atoms with Crippen molar-refractivity contribution in [2.24, 2.45) is 0 Å². The summed E-state index contributed by atoms with van der Waals surface area (Å²) in [6.45, 7) is 6.01. The number of sulfonamides is 1. The molecule has 0 saturated heterocycles. The van der Waals surface area contributed by atoms with Gasteiger partial charge in [0.25, 0.3) is 15.9 Å². The molecule has 0 heterocycles. The summed E-state index contributed by atoms with van der Waals surface area (Å²) < 4.78 is 27.4. The molecule has 0 aliphatic heterocycles. The number of benzene rings is 3. The molecule has 1 amide bonds. The zero-order chi connectivity index (χ0) is 21.9. The molecule has 0 bridgehead atoms. The molecule has 0 saturated carbocycles. The van der Waals surface area contributed by atoms with E-state index >= 15 is 0 Å². The van der Waals surface area contributed by atoms with Crippen molar-refractivity contribution in [3.05, 3.63) is 94.0 Å². The number of hydrogen-bond acceptors (Lipinski definition) is 3. The number of aryl methyl sites for hydroxylation is 2. The minimum absolute atomic E-state index is 0.107. The summed E-state index contributed by atoms with van der Waals surface area (Å²) in [6, 6.07) is 18.1. The van der Waals surface area contributed by atoms with Crippen molar-refractivity contribution in [3.8, 4) is 0 Å². The van der Waals surface area contributed by atoms with Crippen LogP contribution in [-0.2, 0) is 10.0 Å². The summed E-state index contributed by atoms with van der Waals surface area (Å²) in [4.78, 5) is 12.7. The Bertz CT molecular complexity index is 1160. The van der Waals surface area contributed by atoms with Gasteiger partial charge in [0.2, 0.25) is 0 Å². The topological polar surface area (TPSA) is 75.3 Å². The molecule has 0 fully saturated rings. The fourth-order valence-electron chi connectivity index (χ4n) is 2.91. The van der Waals surface area contributed by atoms with Crippen LogP contribution in [0.5, 0.6) is 0 Å². The molecule has 0 aromatic heterocycles. The van der Waals surface area contributed by atoms with E-state index in [9.17, 15) is 13.2 Å². The number of amides is 1. The van der Waals surface area contributed by atoms with Crippen LogP contribution in [-0.4, -0.2) is 14.3 Å². The zero-order valence-electron chi connectivity index (χ0n) is 16.9. The van der Waals surface area contributed by atoms with E-state index in [1.165, 1.54) is 35.4 Å². The number of nitrogens with one attached hydrogen (secondary N) is 2. The van der Waals surface area contributed by atoms with Gasteiger partial charge in [0.15, 0.2) is 0 Å². The molecule has 0 aliphatic rings. The number of hydrogen-bond donors (Lipinski definition) is 2. The van der Waals surface area contributed by atoms with E-state index in [4.69, 9.17) is 11.6 Å². The third-order valence-corrected chi connectivity index (χ3v) is 6.55. The van der Waals surface area contributed by atoms with Gasteiger partial charge in [-0.2, -0.15) is 0 Å². The maximum atomic E-state index is 12.6. The lowest BCUT2D eigenvalue weighted by atomic mass is 10.0. The molecule has 0 aliphatic carbocycles. The Kier molecular flexibility index (Phi) is 6.48. The standard InChI is InChI=1S/C23H23ClN2O3S/c1-15-4-5-19(14-16(15)2)17(3)25-23(27)18-6-10-21(11-7-18)26-30(28,29)22-12-8-20(24)9-13-22/h4-14,17,26H,1-3H3,(H,25,27)/t17-/m0/s1. The van der Waals surface area contributed by atoms with E-state index in [0.29, 0.717) is 16.3 Å². The molecule has 7 heteroatoms. The minimum atomic E-state index is -3.74. The molecule has 5 nitrogen and oxygen atoms in total.